The molecule has 1 N–H and O–H groups in total. The molecule has 0 bridgehead atoms. The van der Waals surface area contributed by atoms with E-state index in [2.05, 4.69) is 16.5 Å². The first-order chi connectivity index (χ1) is 11.1. The number of hydrogen-bond acceptors (Lipinski definition) is 5. The van der Waals surface area contributed by atoms with E-state index in [1.165, 1.54) is 25.0 Å². The number of halogens is 1. The van der Waals surface area contributed by atoms with Crippen LogP contribution in [0.2, 0.25) is 5.02 Å². The van der Waals surface area contributed by atoms with Crippen molar-refractivity contribution in [1.29, 1.82) is 0 Å². The van der Waals surface area contributed by atoms with Crippen molar-refractivity contribution in [2.45, 2.75) is 54.1 Å². The zero-order chi connectivity index (χ0) is 17.7. The van der Waals surface area contributed by atoms with Crippen LogP contribution < -0.4 is 4.72 Å². The van der Waals surface area contributed by atoms with Gasteiger partial charge in [0.25, 0.3) is 0 Å². The van der Waals surface area contributed by atoms with Crippen molar-refractivity contribution in [3.63, 3.8) is 0 Å². The largest absolute Gasteiger partial charge is 0.296 e. The van der Waals surface area contributed by atoms with Gasteiger partial charge in [0.2, 0.25) is 10.0 Å². The Balaban J connectivity index is 1.83. The molecule has 2 aliphatic rings. The van der Waals surface area contributed by atoms with E-state index in [0.717, 1.165) is 18.7 Å². The van der Waals surface area contributed by atoms with Crippen LogP contribution in [0, 0.1) is 0 Å². The third-order valence-corrected chi connectivity index (χ3v) is 7.69. The van der Waals surface area contributed by atoms with Crippen LogP contribution in [0.1, 0.15) is 26.2 Å². The molecule has 0 amide bonds. The summed E-state index contributed by atoms with van der Waals surface area (Å²) in [6, 6.07) is 4.46. The van der Waals surface area contributed by atoms with Crippen molar-refractivity contribution in [3.05, 3.63) is 23.2 Å². The zero-order valence-electron chi connectivity index (χ0n) is 13.6. The lowest BCUT2D eigenvalue weighted by Crippen LogP contribution is -2.37. The molecule has 9 heteroatoms. The molecule has 0 spiro atoms. The number of nitrogens with one attached hydrogen (secondary N) is 1. The Bertz CT molecular complexity index is 850. The average molecular weight is 393 g/mol. The molecule has 0 aromatic heterocycles. The minimum atomic E-state index is -3.88. The number of likely N-dealkylation sites (tertiary alicyclic amines) is 1. The van der Waals surface area contributed by atoms with E-state index in [-0.39, 0.29) is 20.9 Å². The third kappa shape index (κ3) is 3.77. The van der Waals surface area contributed by atoms with Gasteiger partial charge in [0.15, 0.2) is 9.84 Å². The van der Waals surface area contributed by atoms with Crippen molar-refractivity contribution in [3.8, 4) is 0 Å². The molecule has 24 heavy (non-hydrogen) atoms. The second-order valence-corrected chi connectivity index (χ2v) is 10.8. The van der Waals surface area contributed by atoms with E-state index in [4.69, 9.17) is 11.6 Å². The normalized spacial score (nSPS) is 26.0. The molecule has 1 saturated heterocycles. The summed E-state index contributed by atoms with van der Waals surface area (Å²) >= 11 is 6.01. The van der Waals surface area contributed by atoms with Crippen LogP contribution in [-0.2, 0) is 19.9 Å². The quantitative estimate of drug-likeness (QED) is 0.823. The summed E-state index contributed by atoms with van der Waals surface area (Å²) in [5, 5.41) is 0.0139. The molecule has 1 aromatic rings. The van der Waals surface area contributed by atoms with Crippen molar-refractivity contribution < 1.29 is 16.8 Å². The zero-order valence-corrected chi connectivity index (χ0v) is 16.0. The van der Waals surface area contributed by atoms with Gasteiger partial charge in [0.05, 0.1) is 9.92 Å². The van der Waals surface area contributed by atoms with Crippen LogP contribution >= 0.6 is 11.6 Å². The maximum atomic E-state index is 12.7. The van der Waals surface area contributed by atoms with Crippen molar-refractivity contribution in [2.24, 2.45) is 0 Å². The third-order valence-electron chi connectivity index (χ3n) is 4.58. The Morgan fingerprint density at radius 3 is 2.46 bits per heavy atom. The minimum absolute atomic E-state index is 0.0139. The van der Waals surface area contributed by atoms with Crippen molar-refractivity contribution >= 4 is 31.5 Å². The summed E-state index contributed by atoms with van der Waals surface area (Å²) in [5.74, 6) is 0. The van der Waals surface area contributed by atoms with Gasteiger partial charge in [-0.05, 0) is 44.4 Å². The molecule has 1 aromatic carbocycles. The smallest absolute Gasteiger partial charge is 0.242 e. The fourth-order valence-electron chi connectivity index (χ4n) is 3.26. The Morgan fingerprint density at radius 1 is 1.21 bits per heavy atom. The monoisotopic (exact) mass is 392 g/mol. The predicted molar refractivity (Wildman–Crippen MR) is 92.5 cm³/mol. The molecule has 1 aliphatic carbocycles. The van der Waals surface area contributed by atoms with Crippen LogP contribution in [-0.4, -0.2) is 52.7 Å². The van der Waals surface area contributed by atoms with Gasteiger partial charge in [-0.3, -0.25) is 4.90 Å². The topological polar surface area (TPSA) is 83.5 Å². The molecule has 0 radical (unpaired) electrons. The van der Waals surface area contributed by atoms with Gasteiger partial charge in [0.1, 0.15) is 4.90 Å². The first-order valence-electron chi connectivity index (χ1n) is 7.85. The lowest BCUT2D eigenvalue weighted by molar-refractivity contribution is 0.256. The Kier molecular flexibility index (Phi) is 4.72. The molecule has 1 heterocycles. The summed E-state index contributed by atoms with van der Waals surface area (Å²) in [6.45, 7) is 2.78. The SMILES string of the molecule is C[C@@H]1C[C@@H](NS(=O)(=O)c2cc(S(C)(=O)=O)ccc2Cl)CN1C1CC1. The summed E-state index contributed by atoms with van der Waals surface area (Å²) in [4.78, 5) is 2.08. The van der Waals surface area contributed by atoms with Gasteiger partial charge in [-0.2, -0.15) is 0 Å². The molecule has 134 valence electrons. The van der Waals surface area contributed by atoms with Crippen LogP contribution in [0.15, 0.2) is 28.0 Å². The number of sulfone groups is 1. The highest BCUT2D eigenvalue weighted by Crippen LogP contribution is 2.34. The Labute approximate surface area is 148 Å². The lowest BCUT2D eigenvalue weighted by Gasteiger charge is -2.19. The molecule has 1 saturated carbocycles. The Hall–Kier alpha value is -0.670. The van der Waals surface area contributed by atoms with Crippen molar-refractivity contribution in [2.75, 3.05) is 12.8 Å². The molecular formula is C15H21ClN2O4S2. The highest BCUT2D eigenvalue weighted by Gasteiger charge is 2.40. The molecule has 1 aliphatic heterocycles. The lowest BCUT2D eigenvalue weighted by atomic mass is 10.2. The van der Waals surface area contributed by atoms with E-state index >= 15 is 0 Å². The van der Waals surface area contributed by atoms with Gasteiger partial charge >= 0.3 is 0 Å². The molecule has 2 fully saturated rings. The van der Waals surface area contributed by atoms with E-state index in [9.17, 15) is 16.8 Å². The van der Waals surface area contributed by atoms with Crippen molar-refractivity contribution in [1.82, 2.24) is 9.62 Å². The average Bonchev–Trinajstić information content (AvgIpc) is 3.22. The first-order valence-corrected chi connectivity index (χ1v) is 11.6. The second kappa shape index (κ2) is 6.25. The molecule has 3 rings (SSSR count). The second-order valence-electron chi connectivity index (χ2n) is 6.70. The fourth-order valence-corrected chi connectivity index (χ4v) is 5.75. The van der Waals surface area contributed by atoms with Crippen LogP contribution in [0.25, 0.3) is 0 Å². The molecule has 2 atom stereocenters. The number of benzene rings is 1. The van der Waals surface area contributed by atoms with E-state index in [1.54, 1.807) is 0 Å². The maximum absolute atomic E-state index is 12.7. The molecular weight excluding hydrogens is 372 g/mol. The van der Waals surface area contributed by atoms with Gasteiger partial charge in [0, 0.05) is 30.9 Å². The van der Waals surface area contributed by atoms with E-state index < -0.39 is 19.9 Å². The summed E-state index contributed by atoms with van der Waals surface area (Å²) in [6.07, 6.45) is 4.11. The minimum Gasteiger partial charge on any atom is -0.296 e. The Morgan fingerprint density at radius 2 is 1.88 bits per heavy atom. The molecule has 6 nitrogen and oxygen atoms in total. The fraction of sp³-hybridized carbons (Fsp3) is 0.600. The van der Waals surface area contributed by atoms with Crippen LogP contribution in [0.3, 0.4) is 0 Å². The maximum Gasteiger partial charge on any atom is 0.242 e. The van der Waals surface area contributed by atoms with Crippen LogP contribution in [0.4, 0.5) is 0 Å². The van der Waals surface area contributed by atoms with E-state index in [1.807, 2.05) is 0 Å². The highest BCUT2D eigenvalue weighted by atomic mass is 35.5. The number of sulfonamides is 1. The standard InChI is InChI=1S/C15H21ClN2O4S2/c1-10-7-11(9-18(10)12-3-4-12)17-24(21,22)15-8-13(23(2,19)20)5-6-14(15)16/h5-6,8,10-12,17H,3-4,7,9H2,1-2H3/t10-,11-/m1/s1. The van der Waals surface area contributed by atoms with Gasteiger partial charge in [-0.15, -0.1) is 0 Å². The van der Waals surface area contributed by atoms with Crippen LogP contribution in [0.5, 0.6) is 0 Å². The summed E-state index contributed by atoms with van der Waals surface area (Å²) in [5.41, 5.74) is 0. The number of nitrogens with zero attached hydrogens (tertiary/aromatic N) is 1. The highest BCUT2D eigenvalue weighted by molar-refractivity contribution is 7.91. The van der Waals surface area contributed by atoms with Gasteiger partial charge in [-0.1, -0.05) is 11.6 Å². The molecule has 0 unspecified atom stereocenters. The first kappa shape index (κ1) is 18.1. The van der Waals surface area contributed by atoms with Gasteiger partial charge in [-0.25, -0.2) is 21.6 Å². The van der Waals surface area contributed by atoms with E-state index in [0.29, 0.717) is 18.6 Å². The predicted octanol–water partition coefficient (Wildman–Crippen LogP) is 1.65. The number of hydrogen-bond donors (Lipinski definition) is 1. The summed E-state index contributed by atoms with van der Waals surface area (Å²) in [7, 11) is -7.39. The summed E-state index contributed by atoms with van der Waals surface area (Å²) < 4.78 is 51.4. The van der Waals surface area contributed by atoms with Gasteiger partial charge < -0.3 is 0 Å². The number of rotatable bonds is 5.